The molecule has 11 heteroatoms. The summed E-state index contributed by atoms with van der Waals surface area (Å²) in [6, 6.07) is 0. The first-order valence-electron chi connectivity index (χ1n) is 13.5. The Morgan fingerprint density at radius 2 is 1.39 bits per heavy atom. The third kappa shape index (κ3) is 27.6. The highest BCUT2D eigenvalue weighted by Crippen LogP contribution is 2.35. The van der Waals surface area contributed by atoms with Crippen LogP contribution in [0.1, 0.15) is 110 Å². The Bertz CT molecular complexity index is 586. The van der Waals surface area contributed by atoms with E-state index in [9.17, 15) is 14.2 Å². The van der Waals surface area contributed by atoms with Gasteiger partial charge in [0.2, 0.25) is 5.91 Å². The van der Waals surface area contributed by atoms with Crippen molar-refractivity contribution in [1.29, 1.82) is 0 Å². The number of phosphoric acid groups is 1. The number of amides is 1. The average molecular weight is 540 g/mol. The Labute approximate surface area is 217 Å². The van der Waals surface area contributed by atoms with E-state index in [1.807, 2.05) is 0 Å². The number of rotatable bonds is 26. The van der Waals surface area contributed by atoms with E-state index in [4.69, 9.17) is 24.0 Å². The lowest BCUT2D eigenvalue weighted by Crippen LogP contribution is -2.28. The van der Waals surface area contributed by atoms with Crippen LogP contribution in [0.5, 0.6) is 0 Å². The first-order valence-corrected chi connectivity index (χ1v) is 15.1. The number of ether oxygens (including phenoxy) is 3. The molecule has 214 valence electrons. The number of carbonyl (C=O) groups is 2. The van der Waals surface area contributed by atoms with E-state index >= 15 is 0 Å². The number of unbranched alkanes of at least 4 members (excludes halogenated alkanes) is 12. The van der Waals surface area contributed by atoms with E-state index in [-0.39, 0.29) is 25.7 Å². The molecule has 0 saturated carbocycles. The van der Waals surface area contributed by atoms with Gasteiger partial charge in [-0.25, -0.2) is 4.57 Å². The summed E-state index contributed by atoms with van der Waals surface area (Å²) < 4.78 is 31.6. The molecule has 0 aliphatic heterocycles. The van der Waals surface area contributed by atoms with Crippen molar-refractivity contribution in [3.8, 4) is 0 Å². The first-order chi connectivity index (χ1) is 17.2. The van der Waals surface area contributed by atoms with Crippen LogP contribution < -0.4 is 5.32 Å². The number of nitrogens with one attached hydrogen (secondary N) is 1. The lowest BCUT2D eigenvalue weighted by atomic mass is 10.1. The molecule has 0 aromatic carbocycles. The minimum Gasteiger partial charge on any atom is -0.457 e. The van der Waals surface area contributed by atoms with Gasteiger partial charge in [-0.1, -0.05) is 77.6 Å². The third-order valence-electron chi connectivity index (χ3n) is 5.52. The maximum atomic E-state index is 12.1. The van der Waals surface area contributed by atoms with Crippen LogP contribution in [0.25, 0.3) is 0 Å². The summed E-state index contributed by atoms with van der Waals surface area (Å²) in [5.74, 6) is -0.422. The van der Waals surface area contributed by atoms with Crippen LogP contribution in [0.15, 0.2) is 0 Å². The van der Waals surface area contributed by atoms with Crippen LogP contribution in [-0.4, -0.2) is 60.9 Å². The Hall–Kier alpha value is -1.03. The predicted molar refractivity (Wildman–Crippen MR) is 138 cm³/mol. The van der Waals surface area contributed by atoms with Crippen molar-refractivity contribution in [1.82, 2.24) is 5.32 Å². The molecule has 1 amide bonds. The summed E-state index contributed by atoms with van der Waals surface area (Å²) in [4.78, 5) is 40.8. The van der Waals surface area contributed by atoms with E-state index < -0.39 is 26.5 Å². The van der Waals surface area contributed by atoms with Crippen LogP contribution in [0.4, 0.5) is 0 Å². The zero-order valence-electron chi connectivity index (χ0n) is 22.4. The van der Waals surface area contributed by atoms with Crippen molar-refractivity contribution >= 4 is 19.7 Å². The second-order valence-electron chi connectivity index (χ2n) is 9.12. The monoisotopic (exact) mass is 539 g/mol. The summed E-state index contributed by atoms with van der Waals surface area (Å²) in [6.45, 7) is 4.45. The fourth-order valence-corrected chi connectivity index (χ4v) is 3.90. The minimum absolute atomic E-state index is 0.00128. The van der Waals surface area contributed by atoms with Gasteiger partial charge in [0.1, 0.15) is 12.9 Å². The topological polar surface area (TPSA) is 141 Å². The van der Waals surface area contributed by atoms with Gasteiger partial charge in [-0.15, -0.1) is 0 Å². The SMILES string of the molecule is CCCCCCCCCCC(=O)O[C@H](COCOCCCCCCCCNC(C)=O)COP(=O)(O)O. The lowest BCUT2D eigenvalue weighted by molar-refractivity contribution is -0.158. The van der Waals surface area contributed by atoms with Gasteiger partial charge in [-0.05, 0) is 19.3 Å². The maximum Gasteiger partial charge on any atom is 0.469 e. The van der Waals surface area contributed by atoms with Crippen LogP contribution in [0, 0.1) is 0 Å². The van der Waals surface area contributed by atoms with Gasteiger partial charge < -0.3 is 29.3 Å². The van der Waals surface area contributed by atoms with Gasteiger partial charge in [0.15, 0.2) is 0 Å². The molecule has 0 saturated heterocycles. The first kappa shape index (κ1) is 35.0. The fourth-order valence-electron chi connectivity index (χ4n) is 3.54. The van der Waals surface area contributed by atoms with Crippen LogP contribution in [0.2, 0.25) is 0 Å². The Kier molecular flexibility index (Phi) is 23.6. The van der Waals surface area contributed by atoms with Crippen LogP contribution >= 0.6 is 7.82 Å². The third-order valence-corrected chi connectivity index (χ3v) is 6.01. The Balaban J connectivity index is 3.89. The summed E-state index contributed by atoms with van der Waals surface area (Å²) in [6.07, 6.45) is 14.4. The van der Waals surface area contributed by atoms with Crippen molar-refractivity contribution in [2.75, 3.05) is 33.2 Å². The van der Waals surface area contributed by atoms with Gasteiger partial charge in [0, 0.05) is 26.5 Å². The van der Waals surface area contributed by atoms with Crippen molar-refractivity contribution < 1.29 is 42.7 Å². The normalized spacial score (nSPS) is 12.4. The van der Waals surface area contributed by atoms with Crippen molar-refractivity contribution in [3.05, 3.63) is 0 Å². The number of hydrogen-bond donors (Lipinski definition) is 3. The molecule has 0 spiro atoms. The summed E-state index contributed by atoms with van der Waals surface area (Å²) in [5.41, 5.74) is 0. The Morgan fingerprint density at radius 3 is 2.00 bits per heavy atom. The van der Waals surface area contributed by atoms with Gasteiger partial charge in [-0.3, -0.25) is 14.1 Å². The second-order valence-corrected chi connectivity index (χ2v) is 10.4. The highest BCUT2D eigenvalue weighted by molar-refractivity contribution is 7.46. The van der Waals surface area contributed by atoms with Gasteiger partial charge in [0.25, 0.3) is 0 Å². The fraction of sp³-hybridized carbons (Fsp3) is 0.920. The molecule has 0 rings (SSSR count). The molecule has 10 nitrogen and oxygen atoms in total. The minimum atomic E-state index is -4.68. The number of hydrogen-bond acceptors (Lipinski definition) is 7. The summed E-state index contributed by atoms with van der Waals surface area (Å²) in [5, 5.41) is 2.78. The largest absolute Gasteiger partial charge is 0.469 e. The molecule has 3 N–H and O–H groups in total. The lowest BCUT2D eigenvalue weighted by Gasteiger charge is -2.18. The molecule has 0 unspecified atom stereocenters. The molecule has 0 aromatic rings. The molecule has 0 heterocycles. The molecule has 0 bridgehead atoms. The van der Waals surface area contributed by atoms with Crippen molar-refractivity contribution in [2.24, 2.45) is 0 Å². The van der Waals surface area contributed by atoms with Crippen molar-refractivity contribution in [2.45, 2.75) is 116 Å². The van der Waals surface area contributed by atoms with E-state index in [2.05, 4.69) is 16.8 Å². The standard InChI is InChI=1S/C25H50NO9P/c1-3-4-5-6-7-8-11-14-17-25(28)35-24(21-34-36(29,30)31)20-33-22-32-19-16-13-10-9-12-15-18-26-23(2)27/h24H,3-22H2,1-2H3,(H,26,27)(H2,29,30,31)/t24-/m1/s1. The molecule has 1 atom stereocenters. The molecule has 0 aliphatic rings. The molecule has 0 fully saturated rings. The quantitative estimate of drug-likeness (QED) is 0.0599. The van der Waals surface area contributed by atoms with E-state index in [0.29, 0.717) is 6.61 Å². The summed E-state index contributed by atoms with van der Waals surface area (Å²) >= 11 is 0. The summed E-state index contributed by atoms with van der Waals surface area (Å²) in [7, 11) is -4.68. The van der Waals surface area contributed by atoms with Crippen molar-refractivity contribution in [3.63, 3.8) is 0 Å². The highest BCUT2D eigenvalue weighted by atomic mass is 31.2. The Morgan fingerprint density at radius 1 is 0.806 bits per heavy atom. The smallest absolute Gasteiger partial charge is 0.457 e. The van der Waals surface area contributed by atoms with Crippen LogP contribution in [-0.2, 0) is 32.9 Å². The molecular formula is C25H50NO9P. The average Bonchev–Trinajstić information content (AvgIpc) is 2.81. The predicted octanol–water partition coefficient (Wildman–Crippen LogP) is 5.01. The molecule has 0 aromatic heterocycles. The second kappa shape index (κ2) is 24.3. The van der Waals surface area contributed by atoms with Gasteiger partial charge in [-0.2, -0.15) is 0 Å². The zero-order valence-corrected chi connectivity index (χ0v) is 23.3. The van der Waals surface area contributed by atoms with E-state index in [0.717, 1.165) is 64.3 Å². The number of carbonyl (C=O) groups excluding carboxylic acids is 2. The number of esters is 1. The van der Waals surface area contributed by atoms with E-state index in [1.165, 1.54) is 39.0 Å². The molecular weight excluding hydrogens is 489 g/mol. The maximum absolute atomic E-state index is 12.1. The number of phosphoric ester groups is 1. The molecule has 0 aliphatic carbocycles. The molecule has 0 radical (unpaired) electrons. The zero-order chi connectivity index (χ0) is 26.9. The molecule has 36 heavy (non-hydrogen) atoms. The van der Waals surface area contributed by atoms with Gasteiger partial charge in [0.05, 0.1) is 13.2 Å². The highest BCUT2D eigenvalue weighted by Gasteiger charge is 2.21. The van der Waals surface area contributed by atoms with E-state index in [1.54, 1.807) is 0 Å². The van der Waals surface area contributed by atoms with Crippen LogP contribution in [0.3, 0.4) is 0 Å². The van der Waals surface area contributed by atoms with Gasteiger partial charge >= 0.3 is 13.8 Å².